The number of pyridine rings is 1. The first-order valence-corrected chi connectivity index (χ1v) is 11.2. The number of benzene rings is 2. The Bertz CT molecular complexity index is 1220. The monoisotopic (exact) mass is 443 g/mol. The topological polar surface area (TPSA) is 67.6 Å². The number of rotatable bonds is 10. The number of aromatic nitrogens is 1. The van der Waals surface area contributed by atoms with Crippen molar-refractivity contribution >= 4 is 11.0 Å². The fraction of sp³-hybridized carbons (Fsp3) is 0.259. The van der Waals surface area contributed by atoms with Gasteiger partial charge in [-0.05, 0) is 68.1 Å². The molecule has 4 rings (SSSR count). The molecule has 1 unspecified atom stereocenters. The third-order valence-corrected chi connectivity index (χ3v) is 5.42. The highest BCUT2D eigenvalue weighted by atomic mass is 16.5. The van der Waals surface area contributed by atoms with E-state index in [9.17, 15) is 4.79 Å². The first kappa shape index (κ1) is 22.7. The van der Waals surface area contributed by atoms with E-state index < -0.39 is 0 Å². The number of fused-ring (bicyclic) bond motifs is 1. The maximum absolute atomic E-state index is 12.3. The molecule has 0 aliphatic carbocycles. The van der Waals surface area contributed by atoms with Gasteiger partial charge in [0.1, 0.15) is 23.7 Å². The molecule has 0 spiro atoms. The van der Waals surface area contributed by atoms with Crippen molar-refractivity contribution in [3.05, 3.63) is 94.9 Å². The van der Waals surface area contributed by atoms with Crippen LogP contribution in [0.5, 0.6) is 5.75 Å². The third kappa shape index (κ3) is 6.28. The molecule has 0 aliphatic heterocycles. The molecule has 6 heteroatoms. The molecule has 0 saturated carbocycles. The molecule has 0 fully saturated rings. The number of nitrogens with zero attached hydrogens (tertiary/aromatic N) is 2. The molecule has 2 aromatic carbocycles. The van der Waals surface area contributed by atoms with Gasteiger partial charge in [0.05, 0.1) is 5.39 Å². The third-order valence-electron chi connectivity index (χ3n) is 5.42. The van der Waals surface area contributed by atoms with Crippen molar-refractivity contribution in [2.45, 2.75) is 19.5 Å². The zero-order chi connectivity index (χ0) is 23.0. The summed E-state index contributed by atoms with van der Waals surface area (Å²) >= 11 is 0. The number of hydrogen-bond acceptors (Lipinski definition) is 6. The Morgan fingerprint density at radius 1 is 1.06 bits per heavy atom. The molecule has 0 amide bonds. The van der Waals surface area contributed by atoms with Crippen LogP contribution >= 0.6 is 0 Å². The van der Waals surface area contributed by atoms with Gasteiger partial charge in [0.15, 0.2) is 5.43 Å². The first-order chi connectivity index (χ1) is 16.1. The summed E-state index contributed by atoms with van der Waals surface area (Å²) in [5.41, 5.74) is 2.65. The highest BCUT2D eigenvalue weighted by Crippen LogP contribution is 2.24. The average Bonchev–Trinajstić information content (AvgIpc) is 2.83. The molecule has 4 aromatic rings. The summed E-state index contributed by atoms with van der Waals surface area (Å²) in [5, 5.41) is 4.09. The van der Waals surface area contributed by atoms with E-state index in [2.05, 4.69) is 29.2 Å². The molecule has 0 bridgehead atoms. The SMILES string of the molecule is CC(CN(C)Cc1ccncc1)NCCOc1ccc(-c2cc(=O)c3ccccc3o2)cc1. The van der Waals surface area contributed by atoms with Crippen LogP contribution in [0, 0.1) is 0 Å². The highest BCUT2D eigenvalue weighted by molar-refractivity contribution is 5.78. The van der Waals surface area contributed by atoms with Crippen LogP contribution in [0.3, 0.4) is 0 Å². The molecule has 0 aliphatic rings. The van der Waals surface area contributed by atoms with Crippen LogP contribution in [0.2, 0.25) is 0 Å². The van der Waals surface area contributed by atoms with E-state index in [4.69, 9.17) is 9.15 Å². The minimum absolute atomic E-state index is 0.0428. The van der Waals surface area contributed by atoms with E-state index in [1.165, 1.54) is 11.6 Å². The van der Waals surface area contributed by atoms with Crippen molar-refractivity contribution in [1.29, 1.82) is 0 Å². The number of hydrogen-bond donors (Lipinski definition) is 1. The van der Waals surface area contributed by atoms with Crippen molar-refractivity contribution in [2.24, 2.45) is 0 Å². The summed E-state index contributed by atoms with van der Waals surface area (Å²) in [6.07, 6.45) is 3.65. The fourth-order valence-electron chi connectivity index (χ4n) is 3.83. The van der Waals surface area contributed by atoms with Crippen LogP contribution in [0.4, 0.5) is 0 Å². The Morgan fingerprint density at radius 2 is 1.82 bits per heavy atom. The fourth-order valence-corrected chi connectivity index (χ4v) is 3.83. The summed E-state index contributed by atoms with van der Waals surface area (Å²) in [5.74, 6) is 1.34. The van der Waals surface area contributed by atoms with Gasteiger partial charge in [-0.3, -0.25) is 9.78 Å². The van der Waals surface area contributed by atoms with Gasteiger partial charge in [0.25, 0.3) is 0 Å². The average molecular weight is 444 g/mol. The normalized spacial score (nSPS) is 12.2. The summed E-state index contributed by atoms with van der Waals surface area (Å²) in [7, 11) is 2.12. The van der Waals surface area contributed by atoms with Crippen LogP contribution in [-0.2, 0) is 6.54 Å². The summed E-state index contributed by atoms with van der Waals surface area (Å²) in [4.78, 5) is 18.7. The van der Waals surface area contributed by atoms with Gasteiger partial charge in [-0.1, -0.05) is 12.1 Å². The summed E-state index contributed by atoms with van der Waals surface area (Å²) in [6, 6.07) is 20.9. The van der Waals surface area contributed by atoms with Gasteiger partial charge in [0, 0.05) is 49.7 Å². The van der Waals surface area contributed by atoms with Gasteiger partial charge in [-0.2, -0.15) is 0 Å². The Kier molecular flexibility index (Phi) is 7.50. The van der Waals surface area contributed by atoms with E-state index in [1.807, 2.05) is 67.0 Å². The summed E-state index contributed by atoms with van der Waals surface area (Å²) in [6.45, 7) is 5.34. The number of ether oxygens (including phenoxy) is 1. The molecular weight excluding hydrogens is 414 g/mol. The minimum Gasteiger partial charge on any atom is -0.492 e. The van der Waals surface area contributed by atoms with Crippen LogP contribution < -0.4 is 15.5 Å². The van der Waals surface area contributed by atoms with E-state index in [-0.39, 0.29) is 5.43 Å². The number of para-hydroxylation sites is 1. The van der Waals surface area contributed by atoms with Crippen molar-refractivity contribution in [3.63, 3.8) is 0 Å². The lowest BCUT2D eigenvalue weighted by atomic mass is 10.1. The lowest BCUT2D eigenvalue weighted by molar-refractivity contribution is 0.268. The number of nitrogens with one attached hydrogen (secondary N) is 1. The Hall–Kier alpha value is -3.48. The smallest absolute Gasteiger partial charge is 0.193 e. The maximum Gasteiger partial charge on any atom is 0.193 e. The van der Waals surface area contributed by atoms with Gasteiger partial charge < -0.3 is 19.4 Å². The Morgan fingerprint density at radius 3 is 2.61 bits per heavy atom. The predicted octanol–water partition coefficient (Wildman–Crippen LogP) is 4.34. The maximum atomic E-state index is 12.3. The summed E-state index contributed by atoms with van der Waals surface area (Å²) < 4.78 is 11.8. The van der Waals surface area contributed by atoms with Gasteiger partial charge in [-0.15, -0.1) is 0 Å². The van der Waals surface area contributed by atoms with Crippen LogP contribution in [0.15, 0.2) is 88.3 Å². The zero-order valence-electron chi connectivity index (χ0n) is 19.0. The van der Waals surface area contributed by atoms with E-state index in [1.54, 1.807) is 6.07 Å². The van der Waals surface area contributed by atoms with Gasteiger partial charge in [0.2, 0.25) is 0 Å². The van der Waals surface area contributed by atoms with E-state index >= 15 is 0 Å². The van der Waals surface area contributed by atoms with Crippen molar-refractivity contribution in [1.82, 2.24) is 15.2 Å². The quantitative estimate of drug-likeness (QED) is 0.368. The van der Waals surface area contributed by atoms with Crippen molar-refractivity contribution in [2.75, 3.05) is 26.7 Å². The lowest BCUT2D eigenvalue weighted by Crippen LogP contribution is -2.39. The second-order valence-corrected chi connectivity index (χ2v) is 8.25. The van der Waals surface area contributed by atoms with E-state index in [0.717, 1.165) is 30.9 Å². The van der Waals surface area contributed by atoms with Crippen molar-refractivity contribution < 1.29 is 9.15 Å². The molecular formula is C27H29N3O3. The molecule has 2 heterocycles. The molecule has 1 atom stereocenters. The van der Waals surface area contributed by atoms with Crippen LogP contribution in [0.25, 0.3) is 22.3 Å². The predicted molar refractivity (Wildman–Crippen MR) is 131 cm³/mol. The van der Waals surface area contributed by atoms with Gasteiger partial charge >= 0.3 is 0 Å². The molecule has 2 aromatic heterocycles. The standard InChI is InChI=1S/C27H29N3O3/c1-20(18-30(2)19-21-11-13-28-14-12-21)29-15-16-32-23-9-7-22(8-10-23)27-17-25(31)24-5-3-4-6-26(24)33-27/h3-14,17,20,29H,15-16,18-19H2,1-2H3. The van der Waals surface area contributed by atoms with Crippen LogP contribution in [-0.4, -0.2) is 42.7 Å². The molecule has 6 nitrogen and oxygen atoms in total. The van der Waals surface area contributed by atoms with Gasteiger partial charge in [-0.25, -0.2) is 0 Å². The molecule has 33 heavy (non-hydrogen) atoms. The minimum atomic E-state index is -0.0428. The molecule has 1 N–H and O–H groups in total. The highest BCUT2D eigenvalue weighted by Gasteiger charge is 2.08. The molecule has 0 radical (unpaired) electrons. The molecule has 0 saturated heterocycles. The van der Waals surface area contributed by atoms with E-state index in [0.29, 0.717) is 29.4 Å². The van der Waals surface area contributed by atoms with Crippen molar-refractivity contribution in [3.8, 4) is 17.1 Å². The second-order valence-electron chi connectivity index (χ2n) is 8.25. The van der Waals surface area contributed by atoms with Crippen LogP contribution in [0.1, 0.15) is 12.5 Å². The second kappa shape index (κ2) is 10.9. The lowest BCUT2D eigenvalue weighted by Gasteiger charge is -2.22. The number of likely N-dealkylation sites (N-methyl/N-ethyl adjacent to an activating group) is 1. The Balaban J connectivity index is 1.23. The zero-order valence-corrected chi connectivity index (χ0v) is 19.0. The first-order valence-electron chi connectivity index (χ1n) is 11.2. The Labute approximate surface area is 193 Å². The molecule has 170 valence electrons. The largest absolute Gasteiger partial charge is 0.492 e.